The number of ether oxygens (including phenoxy) is 3. The first-order chi connectivity index (χ1) is 13.9. The average Bonchev–Trinajstić information content (AvgIpc) is 2.74. The van der Waals surface area contributed by atoms with Crippen LogP contribution in [0.1, 0.15) is 13.8 Å². The van der Waals surface area contributed by atoms with Crippen LogP contribution < -0.4 is 14.2 Å². The lowest BCUT2D eigenvalue weighted by molar-refractivity contribution is 0.138. The van der Waals surface area contributed by atoms with E-state index in [0.717, 1.165) is 0 Å². The summed E-state index contributed by atoms with van der Waals surface area (Å²) in [6.07, 6.45) is 1.43. The van der Waals surface area contributed by atoms with Crippen molar-refractivity contribution in [3.63, 3.8) is 0 Å². The van der Waals surface area contributed by atoms with Crippen LogP contribution in [0.3, 0.4) is 0 Å². The second kappa shape index (κ2) is 8.02. The van der Waals surface area contributed by atoms with Gasteiger partial charge in [-0.3, -0.25) is 0 Å². The molecular formula is C20H19NO3. The van der Waals surface area contributed by atoms with Crippen molar-refractivity contribution in [2.75, 3.05) is 6.61 Å². The molecule has 122 valence electrons. The van der Waals surface area contributed by atoms with Crippen molar-refractivity contribution in [3.05, 3.63) is 78.9 Å². The largest absolute Gasteiger partial charge is 0.490 e. The first-order valence-electron chi connectivity index (χ1n) is 9.92. The maximum absolute atomic E-state index is 7.89. The fraction of sp³-hybridized carbons (Fsp3) is 0.150. The second-order valence-electron chi connectivity index (χ2n) is 4.94. The van der Waals surface area contributed by atoms with E-state index in [-0.39, 0.29) is 11.9 Å². The van der Waals surface area contributed by atoms with Crippen molar-refractivity contribution in [2.24, 2.45) is 0 Å². The van der Waals surface area contributed by atoms with Gasteiger partial charge < -0.3 is 14.2 Å². The zero-order valence-corrected chi connectivity index (χ0v) is 13.1. The van der Waals surface area contributed by atoms with E-state index in [1.165, 1.54) is 0 Å². The summed E-state index contributed by atoms with van der Waals surface area (Å²) >= 11 is 0. The minimum absolute atomic E-state index is 0.216. The summed E-state index contributed by atoms with van der Waals surface area (Å²) in [5, 5.41) is 0. The molecule has 0 aliphatic carbocycles. The van der Waals surface area contributed by atoms with Crippen molar-refractivity contribution < 1.29 is 21.1 Å². The Morgan fingerprint density at radius 3 is 2.42 bits per heavy atom. The molecular weight excluding hydrogens is 302 g/mol. The predicted octanol–water partition coefficient (Wildman–Crippen LogP) is 4.72. The molecule has 24 heavy (non-hydrogen) atoms. The summed E-state index contributed by atoms with van der Waals surface area (Å²) in [7, 11) is 0. The summed E-state index contributed by atoms with van der Waals surface area (Å²) in [5.74, 6) is 1.21. The van der Waals surface area contributed by atoms with E-state index in [0.29, 0.717) is 24.0 Å². The highest BCUT2D eigenvalue weighted by Gasteiger charge is 2.06. The van der Waals surface area contributed by atoms with Crippen LogP contribution >= 0.6 is 0 Å². The molecule has 0 aliphatic rings. The van der Waals surface area contributed by atoms with Gasteiger partial charge in [-0.05, 0) is 49.3 Å². The van der Waals surface area contributed by atoms with Crippen LogP contribution in [0.4, 0.5) is 0 Å². The minimum atomic E-state index is -0.460. The number of pyridine rings is 1. The van der Waals surface area contributed by atoms with E-state index in [4.69, 9.17) is 21.1 Å². The number of benzene rings is 2. The van der Waals surface area contributed by atoms with E-state index < -0.39 is 30.2 Å². The standard InChI is InChI=1S/C20H19NO3/c1-16(23-20-9-5-6-14-21-20)15-22-17-10-12-19(13-11-17)24-18-7-3-2-4-8-18/h2-14,16H,15H2,1H3/i2D,3D,4D,7D,8D. The van der Waals surface area contributed by atoms with Crippen LogP contribution in [0.25, 0.3) is 0 Å². The molecule has 4 heteroatoms. The topological polar surface area (TPSA) is 40.6 Å². The van der Waals surface area contributed by atoms with E-state index in [9.17, 15) is 0 Å². The maximum Gasteiger partial charge on any atom is 0.213 e. The number of aromatic nitrogens is 1. The van der Waals surface area contributed by atoms with Crippen molar-refractivity contribution in [1.82, 2.24) is 4.98 Å². The van der Waals surface area contributed by atoms with Crippen LogP contribution in [0.15, 0.2) is 78.9 Å². The van der Waals surface area contributed by atoms with Gasteiger partial charge in [0.1, 0.15) is 30.0 Å². The summed E-state index contributed by atoms with van der Waals surface area (Å²) < 4.78 is 55.6. The highest BCUT2D eigenvalue weighted by Crippen LogP contribution is 2.23. The van der Waals surface area contributed by atoms with E-state index in [2.05, 4.69) is 4.98 Å². The van der Waals surface area contributed by atoms with E-state index in [1.807, 2.05) is 19.1 Å². The average molecular weight is 326 g/mol. The smallest absolute Gasteiger partial charge is 0.213 e. The molecule has 4 nitrogen and oxygen atoms in total. The van der Waals surface area contributed by atoms with Crippen molar-refractivity contribution in [3.8, 4) is 23.1 Å². The van der Waals surface area contributed by atoms with Gasteiger partial charge in [0.15, 0.2) is 0 Å². The van der Waals surface area contributed by atoms with Crippen molar-refractivity contribution in [2.45, 2.75) is 13.0 Å². The first-order valence-corrected chi connectivity index (χ1v) is 7.42. The maximum atomic E-state index is 7.89. The monoisotopic (exact) mass is 326 g/mol. The zero-order chi connectivity index (χ0) is 21.0. The Bertz CT molecular complexity index is 955. The number of nitrogens with zero attached hydrogens (tertiary/aromatic N) is 1. The molecule has 0 bridgehead atoms. The Hall–Kier alpha value is -3.01. The van der Waals surface area contributed by atoms with Gasteiger partial charge >= 0.3 is 0 Å². The molecule has 0 spiro atoms. The molecule has 1 atom stereocenters. The third kappa shape index (κ3) is 4.74. The SMILES string of the molecule is [2H]c1c([2H])c([2H])c(Oc2ccc(OCC(C)Oc3ccccn3)cc2)c([2H])c1[2H]. The number of hydrogen-bond acceptors (Lipinski definition) is 4. The molecule has 0 radical (unpaired) electrons. The fourth-order valence-corrected chi connectivity index (χ4v) is 1.88. The van der Waals surface area contributed by atoms with Gasteiger partial charge in [0.2, 0.25) is 5.88 Å². The zero-order valence-electron chi connectivity index (χ0n) is 18.1. The molecule has 0 aliphatic heterocycles. The molecule has 1 unspecified atom stereocenters. The van der Waals surface area contributed by atoms with Gasteiger partial charge in [0.05, 0.1) is 6.85 Å². The van der Waals surface area contributed by atoms with Crippen molar-refractivity contribution in [1.29, 1.82) is 0 Å². The molecule has 2 aromatic carbocycles. The van der Waals surface area contributed by atoms with E-state index in [1.54, 1.807) is 36.5 Å². The molecule has 1 aromatic heterocycles. The normalized spacial score (nSPS) is 14.5. The molecule has 3 aromatic rings. The number of para-hydroxylation sites is 1. The van der Waals surface area contributed by atoms with Crippen LogP contribution in [0, 0.1) is 0 Å². The first kappa shape index (κ1) is 10.7. The summed E-state index contributed by atoms with van der Waals surface area (Å²) in [4.78, 5) is 4.09. The highest BCUT2D eigenvalue weighted by molar-refractivity contribution is 5.35. The van der Waals surface area contributed by atoms with Crippen LogP contribution in [0.5, 0.6) is 23.1 Å². The minimum Gasteiger partial charge on any atom is -0.490 e. The van der Waals surface area contributed by atoms with E-state index >= 15 is 0 Å². The van der Waals surface area contributed by atoms with Crippen molar-refractivity contribution >= 4 is 0 Å². The summed E-state index contributed by atoms with van der Waals surface area (Å²) in [6.45, 7) is 2.17. The molecule has 0 saturated carbocycles. The van der Waals surface area contributed by atoms with Gasteiger partial charge in [-0.15, -0.1) is 0 Å². The summed E-state index contributed by atoms with van der Waals surface area (Å²) in [6, 6.07) is 9.81. The fourth-order valence-electron chi connectivity index (χ4n) is 1.88. The highest BCUT2D eigenvalue weighted by atomic mass is 16.5. The Morgan fingerprint density at radius 1 is 0.958 bits per heavy atom. The number of rotatable bonds is 7. The molecule has 1 heterocycles. The molecule has 3 rings (SSSR count). The number of hydrogen-bond donors (Lipinski definition) is 0. The third-order valence-electron chi connectivity index (χ3n) is 2.97. The molecule has 0 amide bonds. The van der Waals surface area contributed by atoms with Gasteiger partial charge in [-0.1, -0.05) is 24.2 Å². The molecule has 0 saturated heterocycles. The van der Waals surface area contributed by atoms with Gasteiger partial charge in [0.25, 0.3) is 0 Å². The summed E-state index contributed by atoms with van der Waals surface area (Å²) in [5.41, 5.74) is 0. The van der Waals surface area contributed by atoms with Gasteiger partial charge in [-0.25, -0.2) is 4.98 Å². The molecule has 0 fully saturated rings. The Kier molecular flexibility index (Phi) is 3.58. The van der Waals surface area contributed by atoms with Crippen LogP contribution in [-0.4, -0.2) is 17.7 Å². The van der Waals surface area contributed by atoms with Gasteiger partial charge in [0, 0.05) is 12.3 Å². The third-order valence-corrected chi connectivity index (χ3v) is 2.97. The predicted molar refractivity (Wildman–Crippen MR) is 92.8 cm³/mol. The van der Waals surface area contributed by atoms with Crippen LogP contribution in [-0.2, 0) is 0 Å². The quantitative estimate of drug-likeness (QED) is 0.630. The lowest BCUT2D eigenvalue weighted by Crippen LogP contribution is -2.21. The Balaban J connectivity index is 1.62. The lowest BCUT2D eigenvalue weighted by atomic mass is 10.3. The van der Waals surface area contributed by atoms with Gasteiger partial charge in [-0.2, -0.15) is 0 Å². The molecule has 0 N–H and O–H groups in total. The lowest BCUT2D eigenvalue weighted by Gasteiger charge is -2.15. The van der Waals surface area contributed by atoms with Crippen LogP contribution in [0.2, 0.25) is 0 Å². The Morgan fingerprint density at radius 2 is 1.71 bits per heavy atom. The second-order valence-corrected chi connectivity index (χ2v) is 4.94. The Labute approximate surface area is 148 Å².